The number of alkyl halides is 3. The average Bonchev–Trinajstić information content (AvgIpc) is 2.42. The maximum atomic E-state index is 13.0. The Labute approximate surface area is 120 Å². The molecule has 1 rings (SSSR count). The van der Waals surface area contributed by atoms with E-state index in [9.17, 15) is 18.0 Å². The van der Waals surface area contributed by atoms with Crippen LogP contribution in [0.3, 0.4) is 0 Å². The highest BCUT2D eigenvalue weighted by Crippen LogP contribution is 2.42. The lowest BCUT2D eigenvalue weighted by Gasteiger charge is -2.32. The lowest BCUT2D eigenvalue weighted by Crippen LogP contribution is -2.37. The zero-order valence-corrected chi connectivity index (χ0v) is 12.6. The first-order valence-electron chi connectivity index (χ1n) is 7.99. The summed E-state index contributed by atoms with van der Waals surface area (Å²) in [6, 6.07) is 0. The van der Waals surface area contributed by atoms with Gasteiger partial charge in [-0.25, -0.2) is 0 Å². The normalized spacial score (nSPS) is 25.4. The van der Waals surface area contributed by atoms with Gasteiger partial charge in [0.15, 0.2) is 0 Å². The van der Waals surface area contributed by atoms with Gasteiger partial charge in [0.25, 0.3) is 0 Å². The molecule has 3 unspecified atom stereocenters. The molecule has 1 aliphatic carbocycles. The molecule has 4 heteroatoms. The van der Waals surface area contributed by atoms with Gasteiger partial charge in [-0.15, -0.1) is 0 Å². The summed E-state index contributed by atoms with van der Waals surface area (Å²) in [5.74, 6) is -2.06. The molecule has 0 radical (unpaired) electrons. The van der Waals surface area contributed by atoms with Gasteiger partial charge in [0.05, 0.1) is 5.92 Å². The Balaban J connectivity index is 2.63. The summed E-state index contributed by atoms with van der Waals surface area (Å²) < 4.78 is 39.1. The van der Waals surface area contributed by atoms with E-state index in [0.717, 1.165) is 32.1 Å². The van der Waals surface area contributed by atoms with Crippen LogP contribution in [0.25, 0.3) is 0 Å². The van der Waals surface area contributed by atoms with E-state index in [4.69, 9.17) is 0 Å². The van der Waals surface area contributed by atoms with Gasteiger partial charge in [-0.1, -0.05) is 52.4 Å². The second kappa shape index (κ2) is 8.04. The van der Waals surface area contributed by atoms with Gasteiger partial charge in [0.2, 0.25) is 0 Å². The van der Waals surface area contributed by atoms with Gasteiger partial charge >= 0.3 is 6.18 Å². The number of Topliss-reactive ketones (excluding diaryl/α,β-unsaturated/α-hetero) is 1. The molecule has 1 fully saturated rings. The van der Waals surface area contributed by atoms with E-state index in [1.807, 2.05) is 6.92 Å². The quantitative estimate of drug-likeness (QED) is 0.603. The minimum Gasteiger partial charge on any atom is -0.299 e. The summed E-state index contributed by atoms with van der Waals surface area (Å²) in [5.41, 5.74) is 0. The van der Waals surface area contributed by atoms with Crippen molar-refractivity contribution in [2.75, 3.05) is 0 Å². The van der Waals surface area contributed by atoms with Crippen molar-refractivity contribution in [2.45, 2.75) is 77.8 Å². The molecule has 0 aromatic carbocycles. The molecular formula is C16H27F3O. The number of rotatable bonds is 7. The number of halogens is 3. The number of hydrogen-bond acceptors (Lipinski definition) is 1. The van der Waals surface area contributed by atoms with Gasteiger partial charge < -0.3 is 0 Å². The molecule has 3 atom stereocenters. The van der Waals surface area contributed by atoms with Gasteiger partial charge in [-0.3, -0.25) is 4.79 Å². The molecule has 0 aromatic heterocycles. The molecule has 118 valence electrons. The van der Waals surface area contributed by atoms with E-state index >= 15 is 0 Å². The first kappa shape index (κ1) is 17.5. The zero-order valence-electron chi connectivity index (χ0n) is 12.6. The van der Waals surface area contributed by atoms with Crippen molar-refractivity contribution in [3.63, 3.8) is 0 Å². The maximum Gasteiger partial charge on any atom is 0.392 e. The van der Waals surface area contributed by atoms with Crippen molar-refractivity contribution >= 4 is 5.78 Å². The largest absolute Gasteiger partial charge is 0.392 e. The van der Waals surface area contributed by atoms with Crippen LogP contribution in [0.4, 0.5) is 13.2 Å². The van der Waals surface area contributed by atoms with Gasteiger partial charge in [0.1, 0.15) is 5.78 Å². The molecule has 0 N–H and O–H groups in total. The zero-order chi connectivity index (χ0) is 15.2. The van der Waals surface area contributed by atoms with Gasteiger partial charge in [-0.2, -0.15) is 13.2 Å². The molecule has 1 aliphatic rings. The summed E-state index contributed by atoms with van der Waals surface area (Å²) in [7, 11) is 0. The third-order valence-electron chi connectivity index (χ3n) is 4.63. The molecule has 0 amide bonds. The van der Waals surface area contributed by atoms with Crippen molar-refractivity contribution in [3.8, 4) is 0 Å². The van der Waals surface area contributed by atoms with Crippen LogP contribution in [0.15, 0.2) is 0 Å². The first-order valence-corrected chi connectivity index (χ1v) is 7.99. The smallest absolute Gasteiger partial charge is 0.299 e. The fraction of sp³-hybridized carbons (Fsp3) is 0.938. The van der Waals surface area contributed by atoms with Crippen molar-refractivity contribution in [2.24, 2.45) is 17.8 Å². The topological polar surface area (TPSA) is 17.1 Å². The Kier molecular flexibility index (Phi) is 7.04. The van der Waals surface area contributed by atoms with E-state index in [2.05, 4.69) is 6.92 Å². The number of ketones is 1. The SMILES string of the molecule is CCCCC(CC)CC(=O)C1CCCCC1C(F)(F)F. The molecule has 20 heavy (non-hydrogen) atoms. The average molecular weight is 292 g/mol. The highest BCUT2D eigenvalue weighted by Gasteiger charge is 2.47. The van der Waals surface area contributed by atoms with E-state index in [-0.39, 0.29) is 18.1 Å². The lowest BCUT2D eigenvalue weighted by atomic mass is 9.74. The fourth-order valence-corrected chi connectivity index (χ4v) is 3.29. The summed E-state index contributed by atoms with van der Waals surface area (Å²) in [5, 5.41) is 0. The van der Waals surface area contributed by atoms with Gasteiger partial charge in [-0.05, 0) is 18.8 Å². The number of unbranched alkanes of at least 4 members (excludes halogenated alkanes) is 1. The van der Waals surface area contributed by atoms with Crippen molar-refractivity contribution in [1.29, 1.82) is 0 Å². The molecule has 0 aliphatic heterocycles. The second-order valence-electron chi connectivity index (χ2n) is 6.13. The monoisotopic (exact) mass is 292 g/mol. The van der Waals surface area contributed by atoms with Crippen LogP contribution < -0.4 is 0 Å². The van der Waals surface area contributed by atoms with Crippen LogP contribution in [0.1, 0.15) is 71.6 Å². The number of carbonyl (C=O) groups is 1. The van der Waals surface area contributed by atoms with Crippen molar-refractivity contribution < 1.29 is 18.0 Å². The third kappa shape index (κ3) is 5.10. The number of carbonyl (C=O) groups excluding carboxylic acids is 1. The minimum atomic E-state index is -4.22. The maximum absolute atomic E-state index is 13.0. The van der Waals surface area contributed by atoms with Crippen molar-refractivity contribution in [3.05, 3.63) is 0 Å². The van der Waals surface area contributed by atoms with Crippen LogP contribution in [0.5, 0.6) is 0 Å². The van der Waals surface area contributed by atoms with Gasteiger partial charge in [0, 0.05) is 12.3 Å². The molecule has 0 bridgehead atoms. The highest BCUT2D eigenvalue weighted by atomic mass is 19.4. The van der Waals surface area contributed by atoms with Crippen molar-refractivity contribution in [1.82, 2.24) is 0 Å². The number of hydrogen-bond donors (Lipinski definition) is 0. The summed E-state index contributed by atoms with van der Waals surface area (Å²) in [6.45, 7) is 4.12. The lowest BCUT2D eigenvalue weighted by molar-refractivity contribution is -0.197. The molecule has 0 spiro atoms. The third-order valence-corrected chi connectivity index (χ3v) is 4.63. The predicted molar refractivity (Wildman–Crippen MR) is 74.4 cm³/mol. The van der Waals surface area contributed by atoms with E-state index in [1.54, 1.807) is 0 Å². The Bertz CT molecular complexity index is 299. The van der Waals surface area contributed by atoms with E-state index in [0.29, 0.717) is 19.3 Å². The second-order valence-corrected chi connectivity index (χ2v) is 6.13. The highest BCUT2D eigenvalue weighted by molar-refractivity contribution is 5.81. The van der Waals surface area contributed by atoms with Crippen LogP contribution in [-0.4, -0.2) is 12.0 Å². The fourth-order valence-electron chi connectivity index (χ4n) is 3.29. The Morgan fingerprint density at radius 2 is 1.85 bits per heavy atom. The summed E-state index contributed by atoms with van der Waals surface area (Å²) in [6.07, 6.45) is 2.00. The first-order chi connectivity index (χ1) is 9.40. The van der Waals surface area contributed by atoms with Crippen LogP contribution in [0, 0.1) is 17.8 Å². The predicted octanol–water partition coefficient (Wildman–Crippen LogP) is 5.53. The van der Waals surface area contributed by atoms with Crippen LogP contribution in [0.2, 0.25) is 0 Å². The molecule has 1 nitrogen and oxygen atoms in total. The standard InChI is InChI=1S/C16H27F3O/c1-3-5-8-12(4-2)11-15(20)13-9-6-7-10-14(13)16(17,18)19/h12-14H,3-11H2,1-2H3. The summed E-state index contributed by atoms with van der Waals surface area (Å²) in [4.78, 5) is 12.3. The van der Waals surface area contributed by atoms with E-state index in [1.165, 1.54) is 0 Å². The van der Waals surface area contributed by atoms with Crippen LogP contribution >= 0.6 is 0 Å². The molecule has 1 saturated carbocycles. The molecule has 0 heterocycles. The molecule has 0 aromatic rings. The Hall–Kier alpha value is -0.540. The molecule has 0 saturated heterocycles. The summed E-state index contributed by atoms with van der Waals surface area (Å²) >= 11 is 0. The molecular weight excluding hydrogens is 265 g/mol. The minimum absolute atomic E-state index is 0.131. The van der Waals surface area contributed by atoms with E-state index < -0.39 is 18.0 Å². The van der Waals surface area contributed by atoms with Crippen LogP contribution in [-0.2, 0) is 4.79 Å². The Morgan fingerprint density at radius 1 is 1.20 bits per heavy atom. The Morgan fingerprint density at radius 3 is 2.40 bits per heavy atom.